The van der Waals surface area contributed by atoms with E-state index < -0.39 is 0 Å². The van der Waals surface area contributed by atoms with Gasteiger partial charge in [-0.1, -0.05) is 17.3 Å². The Morgan fingerprint density at radius 3 is 2.33 bits per heavy atom. The zero-order valence-electron chi connectivity index (χ0n) is 9.58. The summed E-state index contributed by atoms with van der Waals surface area (Å²) < 4.78 is 5.33. The van der Waals surface area contributed by atoms with Gasteiger partial charge in [0.1, 0.15) is 5.69 Å². The van der Waals surface area contributed by atoms with E-state index in [-0.39, 0.29) is 0 Å². The standard InChI is InChI=1S/C14H11N3O/c15-12-3-1-10(2-4-12)13-9-14(18-17-13)11-5-7-16-8-6-11/h1-9H,15H2. The summed E-state index contributed by atoms with van der Waals surface area (Å²) in [6.45, 7) is 0. The van der Waals surface area contributed by atoms with Crippen LogP contribution in [-0.4, -0.2) is 10.1 Å². The Balaban J connectivity index is 1.97. The van der Waals surface area contributed by atoms with Crippen LogP contribution in [-0.2, 0) is 0 Å². The third kappa shape index (κ3) is 1.96. The van der Waals surface area contributed by atoms with Gasteiger partial charge in [0, 0.05) is 35.3 Å². The number of aromatic nitrogens is 2. The van der Waals surface area contributed by atoms with E-state index in [0.29, 0.717) is 0 Å². The molecule has 0 aliphatic heterocycles. The van der Waals surface area contributed by atoms with Crippen LogP contribution in [0.2, 0.25) is 0 Å². The average Bonchev–Trinajstić information content (AvgIpc) is 2.90. The molecule has 0 saturated carbocycles. The summed E-state index contributed by atoms with van der Waals surface area (Å²) in [6, 6.07) is 13.2. The highest BCUT2D eigenvalue weighted by Crippen LogP contribution is 2.25. The van der Waals surface area contributed by atoms with Crippen molar-refractivity contribution in [3.05, 3.63) is 54.9 Å². The van der Waals surface area contributed by atoms with E-state index in [9.17, 15) is 0 Å². The van der Waals surface area contributed by atoms with E-state index in [4.69, 9.17) is 10.3 Å². The molecule has 0 amide bonds. The lowest BCUT2D eigenvalue weighted by atomic mass is 10.1. The smallest absolute Gasteiger partial charge is 0.167 e. The summed E-state index contributed by atoms with van der Waals surface area (Å²) in [6.07, 6.45) is 3.45. The molecular weight excluding hydrogens is 226 g/mol. The van der Waals surface area contributed by atoms with Crippen molar-refractivity contribution in [3.8, 4) is 22.6 Å². The van der Waals surface area contributed by atoms with Gasteiger partial charge in [-0.2, -0.15) is 0 Å². The summed E-state index contributed by atoms with van der Waals surface area (Å²) in [5, 5.41) is 4.06. The lowest BCUT2D eigenvalue weighted by Gasteiger charge is -1.95. The monoisotopic (exact) mass is 237 g/mol. The van der Waals surface area contributed by atoms with E-state index in [1.54, 1.807) is 12.4 Å². The number of hydrogen-bond donors (Lipinski definition) is 1. The lowest BCUT2D eigenvalue weighted by molar-refractivity contribution is 0.435. The van der Waals surface area contributed by atoms with Gasteiger partial charge in [0.2, 0.25) is 0 Å². The maximum atomic E-state index is 5.65. The second kappa shape index (κ2) is 4.33. The van der Waals surface area contributed by atoms with Gasteiger partial charge in [0.15, 0.2) is 5.76 Å². The van der Waals surface area contributed by atoms with Crippen LogP contribution in [0.4, 0.5) is 5.69 Å². The summed E-state index contributed by atoms with van der Waals surface area (Å²) in [7, 11) is 0. The number of benzene rings is 1. The first-order chi connectivity index (χ1) is 8.83. The SMILES string of the molecule is Nc1ccc(-c2cc(-c3ccncc3)on2)cc1. The molecule has 2 aromatic heterocycles. The van der Waals surface area contributed by atoms with Crippen LogP contribution in [0.1, 0.15) is 0 Å². The highest BCUT2D eigenvalue weighted by atomic mass is 16.5. The first-order valence-corrected chi connectivity index (χ1v) is 5.56. The first kappa shape index (κ1) is 10.5. The Labute approximate surface area is 104 Å². The van der Waals surface area contributed by atoms with Gasteiger partial charge in [-0.05, 0) is 24.3 Å². The Hall–Kier alpha value is -2.62. The van der Waals surface area contributed by atoms with Crippen molar-refractivity contribution < 1.29 is 4.52 Å². The van der Waals surface area contributed by atoms with Crippen LogP contribution in [0, 0.1) is 0 Å². The molecule has 0 radical (unpaired) electrons. The minimum atomic E-state index is 0.726. The molecule has 0 aliphatic carbocycles. The topological polar surface area (TPSA) is 64.9 Å². The first-order valence-electron chi connectivity index (χ1n) is 5.56. The van der Waals surface area contributed by atoms with Crippen molar-refractivity contribution in [1.29, 1.82) is 0 Å². The highest BCUT2D eigenvalue weighted by Gasteiger charge is 2.07. The zero-order valence-corrected chi connectivity index (χ0v) is 9.58. The number of pyridine rings is 1. The fourth-order valence-electron chi connectivity index (χ4n) is 1.72. The van der Waals surface area contributed by atoms with Crippen molar-refractivity contribution in [1.82, 2.24) is 10.1 Å². The number of nitrogen functional groups attached to an aromatic ring is 1. The molecule has 2 N–H and O–H groups in total. The second-order valence-corrected chi connectivity index (χ2v) is 3.93. The molecule has 2 heterocycles. The number of hydrogen-bond acceptors (Lipinski definition) is 4. The minimum Gasteiger partial charge on any atom is -0.399 e. The van der Waals surface area contributed by atoms with Crippen molar-refractivity contribution >= 4 is 5.69 Å². The predicted molar refractivity (Wildman–Crippen MR) is 69.6 cm³/mol. The van der Waals surface area contributed by atoms with Crippen molar-refractivity contribution in [2.75, 3.05) is 5.73 Å². The third-order valence-electron chi connectivity index (χ3n) is 2.68. The summed E-state index contributed by atoms with van der Waals surface area (Å²) in [5.41, 5.74) is 9.11. The molecule has 18 heavy (non-hydrogen) atoms. The van der Waals surface area contributed by atoms with Crippen molar-refractivity contribution in [2.24, 2.45) is 0 Å². The van der Waals surface area contributed by atoms with Crippen LogP contribution >= 0.6 is 0 Å². The number of nitrogens with two attached hydrogens (primary N) is 1. The van der Waals surface area contributed by atoms with E-state index in [2.05, 4.69) is 10.1 Å². The van der Waals surface area contributed by atoms with E-state index in [0.717, 1.165) is 28.3 Å². The van der Waals surface area contributed by atoms with Gasteiger partial charge >= 0.3 is 0 Å². The zero-order chi connectivity index (χ0) is 12.4. The fourth-order valence-corrected chi connectivity index (χ4v) is 1.72. The fraction of sp³-hybridized carbons (Fsp3) is 0. The maximum absolute atomic E-state index is 5.65. The number of nitrogens with zero attached hydrogens (tertiary/aromatic N) is 2. The van der Waals surface area contributed by atoms with Crippen LogP contribution < -0.4 is 5.73 Å². The summed E-state index contributed by atoms with van der Waals surface area (Å²) in [4.78, 5) is 3.97. The second-order valence-electron chi connectivity index (χ2n) is 3.93. The molecule has 1 aromatic carbocycles. The van der Waals surface area contributed by atoms with E-state index in [1.165, 1.54) is 0 Å². The van der Waals surface area contributed by atoms with Gasteiger partial charge in [-0.25, -0.2) is 0 Å². The van der Waals surface area contributed by atoms with Crippen LogP contribution in [0.15, 0.2) is 59.4 Å². The van der Waals surface area contributed by atoms with E-state index >= 15 is 0 Å². The molecule has 4 nitrogen and oxygen atoms in total. The molecule has 3 rings (SSSR count). The largest absolute Gasteiger partial charge is 0.399 e. The molecule has 88 valence electrons. The van der Waals surface area contributed by atoms with Crippen molar-refractivity contribution in [3.63, 3.8) is 0 Å². The summed E-state index contributed by atoms with van der Waals surface area (Å²) in [5.74, 6) is 0.726. The van der Waals surface area contributed by atoms with E-state index in [1.807, 2.05) is 42.5 Å². The quantitative estimate of drug-likeness (QED) is 0.696. The molecular formula is C14H11N3O. The number of rotatable bonds is 2. The third-order valence-corrected chi connectivity index (χ3v) is 2.68. The summed E-state index contributed by atoms with van der Waals surface area (Å²) >= 11 is 0. The molecule has 3 aromatic rings. The Bertz CT molecular complexity index is 644. The molecule has 4 heteroatoms. The molecule has 0 bridgehead atoms. The van der Waals surface area contributed by atoms with Crippen LogP contribution in [0.25, 0.3) is 22.6 Å². The maximum Gasteiger partial charge on any atom is 0.167 e. The number of anilines is 1. The molecule has 0 unspecified atom stereocenters. The predicted octanol–water partition coefficient (Wildman–Crippen LogP) is 2.99. The van der Waals surface area contributed by atoms with Gasteiger partial charge in [0.25, 0.3) is 0 Å². The Morgan fingerprint density at radius 2 is 1.61 bits per heavy atom. The normalized spacial score (nSPS) is 10.4. The molecule has 0 atom stereocenters. The lowest BCUT2D eigenvalue weighted by Crippen LogP contribution is -1.83. The van der Waals surface area contributed by atoms with Crippen LogP contribution in [0.5, 0.6) is 0 Å². The minimum absolute atomic E-state index is 0.726. The van der Waals surface area contributed by atoms with Gasteiger partial charge in [-0.3, -0.25) is 4.98 Å². The average molecular weight is 237 g/mol. The molecule has 0 fully saturated rings. The molecule has 0 saturated heterocycles. The Kier molecular flexibility index (Phi) is 2.53. The van der Waals surface area contributed by atoms with Gasteiger partial charge < -0.3 is 10.3 Å². The highest BCUT2D eigenvalue weighted by molar-refractivity contribution is 5.67. The van der Waals surface area contributed by atoms with Crippen molar-refractivity contribution in [2.45, 2.75) is 0 Å². The van der Waals surface area contributed by atoms with Crippen LogP contribution in [0.3, 0.4) is 0 Å². The van der Waals surface area contributed by atoms with Gasteiger partial charge in [-0.15, -0.1) is 0 Å². The Morgan fingerprint density at radius 1 is 0.889 bits per heavy atom. The molecule has 0 spiro atoms. The van der Waals surface area contributed by atoms with Gasteiger partial charge in [0.05, 0.1) is 0 Å². The molecule has 0 aliphatic rings.